The summed E-state index contributed by atoms with van der Waals surface area (Å²) in [5, 5.41) is 11.0. The topological polar surface area (TPSA) is 63.6 Å². The molecule has 27 heavy (non-hydrogen) atoms. The number of carbonyl (C=O) groups excluding carboxylic acids is 2. The molecule has 1 aromatic carbocycles. The van der Waals surface area contributed by atoms with Crippen molar-refractivity contribution in [2.24, 2.45) is 23.7 Å². The van der Waals surface area contributed by atoms with E-state index < -0.39 is 12.0 Å². The number of hydrogen-bond donors (Lipinski definition) is 1. The van der Waals surface area contributed by atoms with Gasteiger partial charge in [-0.05, 0) is 55.1 Å². The van der Waals surface area contributed by atoms with E-state index in [1.165, 1.54) is 7.11 Å². The second kappa shape index (κ2) is 7.81. The predicted octanol–water partition coefficient (Wildman–Crippen LogP) is 4.02. The average molecular weight is 368 g/mol. The molecule has 2 aliphatic rings. The van der Waals surface area contributed by atoms with E-state index in [1.54, 1.807) is 0 Å². The molecule has 144 valence electrons. The predicted molar refractivity (Wildman–Crippen MR) is 104 cm³/mol. The second-order valence-electron chi connectivity index (χ2n) is 7.89. The molecule has 1 saturated carbocycles. The van der Waals surface area contributed by atoms with Crippen LogP contribution in [0.25, 0.3) is 0 Å². The lowest BCUT2D eigenvalue weighted by Crippen LogP contribution is -2.29. The zero-order valence-electron chi connectivity index (χ0n) is 16.3. The Hall–Kier alpha value is -2.20. The zero-order chi connectivity index (χ0) is 19.7. The molecule has 4 nitrogen and oxygen atoms in total. The van der Waals surface area contributed by atoms with E-state index in [9.17, 15) is 14.7 Å². The smallest absolute Gasteiger partial charge is 0.333 e. The van der Waals surface area contributed by atoms with Gasteiger partial charge in [0.05, 0.1) is 19.1 Å². The van der Waals surface area contributed by atoms with Crippen LogP contribution in [0.4, 0.5) is 0 Å². The fraction of sp³-hybridized carbons (Fsp3) is 0.478. The van der Waals surface area contributed by atoms with E-state index >= 15 is 0 Å². The number of aliphatic hydroxyl groups is 1. The van der Waals surface area contributed by atoms with Crippen molar-refractivity contribution in [3.05, 3.63) is 59.2 Å². The first-order valence-electron chi connectivity index (χ1n) is 9.60. The highest BCUT2D eigenvalue weighted by Crippen LogP contribution is 2.51. The Labute approximate surface area is 160 Å². The van der Waals surface area contributed by atoms with Crippen LogP contribution in [0.5, 0.6) is 0 Å². The van der Waals surface area contributed by atoms with Crippen molar-refractivity contribution in [2.45, 2.75) is 39.2 Å². The van der Waals surface area contributed by atoms with Crippen molar-refractivity contribution in [3.63, 3.8) is 0 Å². The highest BCUT2D eigenvalue weighted by Gasteiger charge is 2.48. The Kier molecular flexibility index (Phi) is 5.66. The Bertz CT molecular complexity index is 777. The molecule has 0 spiro atoms. The lowest BCUT2D eigenvalue weighted by molar-refractivity contribution is -0.136. The fourth-order valence-corrected chi connectivity index (χ4v) is 4.83. The van der Waals surface area contributed by atoms with Crippen LogP contribution in [0.15, 0.2) is 53.6 Å². The molecule has 0 aromatic heterocycles. The standard InChI is InChI=1S/C23H28O4/c1-13-10-11-17(14(2)23(26)27-4)12-18-15(3)21(24)20(19(13)18)22(25)16-8-6-5-7-9-16/h5-9,13,17,19-20,22,25H,2,10-12H2,1,3-4H3/t13-,17+,19-,20+,22-/m0/s1. The van der Waals surface area contributed by atoms with E-state index in [1.807, 2.05) is 37.3 Å². The molecule has 0 bridgehead atoms. The second-order valence-corrected chi connectivity index (χ2v) is 7.89. The fourth-order valence-electron chi connectivity index (χ4n) is 4.83. The lowest BCUT2D eigenvalue weighted by Gasteiger charge is -2.29. The maximum absolute atomic E-state index is 13.1. The largest absolute Gasteiger partial charge is 0.466 e. The van der Waals surface area contributed by atoms with Crippen LogP contribution >= 0.6 is 0 Å². The molecule has 0 radical (unpaired) electrons. The Morgan fingerprint density at radius 2 is 1.93 bits per heavy atom. The van der Waals surface area contributed by atoms with Gasteiger partial charge in [-0.1, -0.05) is 49.4 Å². The molecule has 1 N–H and O–H groups in total. The van der Waals surface area contributed by atoms with Gasteiger partial charge in [-0.3, -0.25) is 4.79 Å². The third-order valence-electron chi connectivity index (χ3n) is 6.41. The molecule has 0 aliphatic heterocycles. The summed E-state index contributed by atoms with van der Waals surface area (Å²) in [5.41, 5.74) is 3.08. The van der Waals surface area contributed by atoms with E-state index in [0.717, 1.165) is 29.6 Å². The summed E-state index contributed by atoms with van der Waals surface area (Å²) in [6.07, 6.45) is 1.54. The number of rotatable bonds is 4. The Morgan fingerprint density at radius 3 is 2.56 bits per heavy atom. The minimum Gasteiger partial charge on any atom is -0.466 e. The molecule has 3 rings (SSSR count). The van der Waals surface area contributed by atoms with E-state index in [2.05, 4.69) is 13.5 Å². The first kappa shape index (κ1) is 19.6. The summed E-state index contributed by atoms with van der Waals surface area (Å²) in [7, 11) is 1.37. The molecule has 5 atom stereocenters. The van der Waals surface area contributed by atoms with Crippen molar-refractivity contribution in [2.75, 3.05) is 7.11 Å². The summed E-state index contributed by atoms with van der Waals surface area (Å²) in [6.45, 7) is 7.95. The van der Waals surface area contributed by atoms with Crippen LogP contribution in [-0.2, 0) is 14.3 Å². The number of ketones is 1. The molecule has 2 aliphatic carbocycles. The third-order valence-corrected chi connectivity index (χ3v) is 6.41. The zero-order valence-corrected chi connectivity index (χ0v) is 16.3. The quantitative estimate of drug-likeness (QED) is 0.644. The maximum atomic E-state index is 13.1. The molecule has 1 aromatic rings. The number of allylic oxidation sites excluding steroid dienone is 2. The first-order chi connectivity index (χ1) is 12.9. The number of methoxy groups -OCH3 is 1. The van der Waals surface area contributed by atoms with Gasteiger partial charge in [0.25, 0.3) is 0 Å². The number of carbonyl (C=O) groups is 2. The highest BCUT2D eigenvalue weighted by atomic mass is 16.5. The number of hydrogen-bond acceptors (Lipinski definition) is 4. The van der Waals surface area contributed by atoms with Crippen LogP contribution in [0, 0.1) is 23.7 Å². The van der Waals surface area contributed by atoms with Gasteiger partial charge in [-0.15, -0.1) is 0 Å². The van der Waals surface area contributed by atoms with Crippen molar-refractivity contribution >= 4 is 11.8 Å². The summed E-state index contributed by atoms with van der Waals surface area (Å²) >= 11 is 0. The molecule has 4 heteroatoms. The van der Waals surface area contributed by atoms with Gasteiger partial charge in [-0.25, -0.2) is 4.79 Å². The van der Waals surface area contributed by atoms with Gasteiger partial charge in [-0.2, -0.15) is 0 Å². The highest BCUT2D eigenvalue weighted by molar-refractivity contribution is 6.01. The number of Topliss-reactive ketones (excluding diaryl/α,β-unsaturated/α-hetero) is 1. The Morgan fingerprint density at radius 1 is 1.26 bits per heavy atom. The molecular weight excluding hydrogens is 340 g/mol. The molecular formula is C23H28O4. The summed E-state index contributed by atoms with van der Waals surface area (Å²) < 4.78 is 4.85. The summed E-state index contributed by atoms with van der Waals surface area (Å²) in [6, 6.07) is 9.40. The van der Waals surface area contributed by atoms with Crippen LogP contribution in [0.3, 0.4) is 0 Å². The molecule has 1 fully saturated rings. The van der Waals surface area contributed by atoms with Crippen LogP contribution in [-0.4, -0.2) is 24.0 Å². The number of benzene rings is 1. The first-order valence-corrected chi connectivity index (χ1v) is 9.60. The van der Waals surface area contributed by atoms with Crippen molar-refractivity contribution in [1.29, 1.82) is 0 Å². The number of fused-ring (bicyclic) bond motifs is 1. The lowest BCUT2D eigenvalue weighted by atomic mass is 9.76. The van der Waals surface area contributed by atoms with Gasteiger partial charge in [0, 0.05) is 5.57 Å². The Balaban J connectivity index is 1.93. The van der Waals surface area contributed by atoms with Crippen molar-refractivity contribution in [3.8, 4) is 0 Å². The van der Waals surface area contributed by atoms with Gasteiger partial charge in [0.2, 0.25) is 0 Å². The number of ether oxygens (including phenoxy) is 1. The minimum atomic E-state index is -0.820. The van der Waals surface area contributed by atoms with Gasteiger partial charge < -0.3 is 9.84 Å². The van der Waals surface area contributed by atoms with E-state index in [4.69, 9.17) is 4.74 Å². The number of aliphatic hydroxyl groups excluding tert-OH is 1. The molecule has 0 saturated heterocycles. The van der Waals surface area contributed by atoms with Gasteiger partial charge in [0.15, 0.2) is 5.78 Å². The molecule has 0 heterocycles. The maximum Gasteiger partial charge on any atom is 0.333 e. The van der Waals surface area contributed by atoms with E-state index in [0.29, 0.717) is 12.0 Å². The third kappa shape index (κ3) is 3.51. The van der Waals surface area contributed by atoms with Crippen LogP contribution in [0.1, 0.15) is 44.8 Å². The van der Waals surface area contributed by atoms with Crippen molar-refractivity contribution < 1.29 is 19.4 Å². The van der Waals surface area contributed by atoms with Crippen LogP contribution < -0.4 is 0 Å². The molecule has 0 unspecified atom stereocenters. The SMILES string of the molecule is C=C(C(=O)OC)[C@@H]1CC[C@H](C)[C@H]2C(=C(C)C(=O)[C@@H]2[C@@H](O)c2ccccc2)C1. The van der Waals surface area contributed by atoms with E-state index in [-0.39, 0.29) is 29.5 Å². The van der Waals surface area contributed by atoms with Gasteiger partial charge in [0.1, 0.15) is 0 Å². The monoisotopic (exact) mass is 368 g/mol. The van der Waals surface area contributed by atoms with Gasteiger partial charge >= 0.3 is 5.97 Å². The van der Waals surface area contributed by atoms with Crippen molar-refractivity contribution in [1.82, 2.24) is 0 Å². The van der Waals surface area contributed by atoms with Crippen LogP contribution in [0.2, 0.25) is 0 Å². The normalized spacial score (nSPS) is 29.1. The number of esters is 1. The minimum absolute atomic E-state index is 0.00292. The molecule has 0 amide bonds. The average Bonchev–Trinajstić information content (AvgIpc) is 2.82. The summed E-state index contributed by atoms with van der Waals surface area (Å²) in [4.78, 5) is 25.0. The summed E-state index contributed by atoms with van der Waals surface area (Å²) in [5.74, 6) is -0.571.